The summed E-state index contributed by atoms with van der Waals surface area (Å²) in [4.78, 5) is 14.2. The molecule has 10 heterocycles. The maximum Gasteiger partial charge on any atom is 0.172 e. The van der Waals surface area contributed by atoms with Crippen LogP contribution in [0.15, 0.2) is 24.3 Å². The lowest BCUT2D eigenvalue weighted by atomic mass is 9.81. The van der Waals surface area contributed by atoms with Crippen LogP contribution in [0.25, 0.3) is 0 Å². The van der Waals surface area contributed by atoms with E-state index in [0.29, 0.717) is 25.7 Å². The van der Waals surface area contributed by atoms with Gasteiger partial charge in [-0.25, -0.2) is 0 Å². The molecular formula is C42H59NO11. The Bertz CT molecular complexity index is 1480. The third kappa shape index (κ3) is 6.97. The number of carbonyl (C=O) groups is 1. The Morgan fingerprint density at radius 2 is 1.56 bits per heavy atom. The second-order valence-corrected chi connectivity index (χ2v) is 17.8. The van der Waals surface area contributed by atoms with Gasteiger partial charge in [0, 0.05) is 58.7 Å². The van der Waals surface area contributed by atoms with Crippen molar-refractivity contribution in [2.75, 3.05) is 14.2 Å². The van der Waals surface area contributed by atoms with Gasteiger partial charge in [0.1, 0.15) is 36.3 Å². The van der Waals surface area contributed by atoms with Crippen LogP contribution in [0.4, 0.5) is 0 Å². The van der Waals surface area contributed by atoms with Gasteiger partial charge >= 0.3 is 0 Å². The number of carbonyl (C=O) groups excluding carboxylic acids is 1. The smallest absolute Gasteiger partial charge is 0.172 e. The fraction of sp³-hybridized carbons (Fsp3) is 0.857. The topological polar surface area (TPSA) is 133 Å². The highest BCUT2D eigenvalue weighted by atomic mass is 16.8. The summed E-state index contributed by atoms with van der Waals surface area (Å²) in [5, 5.41) is 9.45. The minimum Gasteiger partial charge on any atom is -0.380 e. The van der Waals surface area contributed by atoms with Crippen molar-refractivity contribution in [1.29, 1.82) is 5.26 Å². The molecule has 0 aromatic rings. The van der Waals surface area contributed by atoms with Crippen molar-refractivity contribution in [2.24, 2.45) is 11.8 Å². The predicted octanol–water partition coefficient (Wildman–Crippen LogP) is 5.05. The molecule has 0 unspecified atom stereocenters. The van der Waals surface area contributed by atoms with Gasteiger partial charge in [-0.2, -0.15) is 5.26 Å². The van der Waals surface area contributed by atoms with E-state index in [-0.39, 0.29) is 135 Å². The number of Topliss-reactive ketones (excluding diaryl/α,β-unsaturated/α-hetero) is 1. The van der Waals surface area contributed by atoms with Crippen LogP contribution >= 0.6 is 0 Å². The lowest BCUT2D eigenvalue weighted by Crippen LogP contribution is -2.61. The number of ether oxygens (including phenoxy) is 10. The summed E-state index contributed by atoms with van der Waals surface area (Å²) in [6, 6.07) is 2.23. The monoisotopic (exact) mass is 753 g/mol. The lowest BCUT2D eigenvalue weighted by molar-refractivity contribution is -0.292. The molecule has 0 amide bonds. The first-order valence-electron chi connectivity index (χ1n) is 20.7. The number of ketones is 1. The highest BCUT2D eigenvalue weighted by Gasteiger charge is 2.68. The molecule has 0 saturated carbocycles. The van der Waals surface area contributed by atoms with E-state index < -0.39 is 5.79 Å². The fourth-order valence-electron chi connectivity index (χ4n) is 11.5. The molecule has 298 valence electrons. The van der Waals surface area contributed by atoms with Crippen LogP contribution in [-0.4, -0.2) is 123 Å². The second-order valence-electron chi connectivity index (χ2n) is 17.8. The van der Waals surface area contributed by atoms with Crippen LogP contribution in [0.2, 0.25) is 0 Å². The van der Waals surface area contributed by atoms with Gasteiger partial charge in [-0.3, -0.25) is 4.79 Å². The van der Waals surface area contributed by atoms with E-state index in [0.717, 1.165) is 56.1 Å². The molecule has 1 spiro atoms. The molecule has 10 fully saturated rings. The molecule has 10 saturated heterocycles. The summed E-state index contributed by atoms with van der Waals surface area (Å²) >= 11 is 0. The zero-order valence-corrected chi connectivity index (χ0v) is 32.1. The number of hydrogen-bond donors (Lipinski definition) is 0. The standard InChI is InChI=1S/C42H59NO11/c1-21-14-26-6-8-30-22(2)15-28(47-30)10-12-42-20-35-38(53-42)39-40(52-35)41(54-42)37-31(51-39)9-7-27(49-37)16-24(44)17-29-33(19-32(48-26)23(21)3)50-34(36(29)46-5)18-25(45-4)11-13-43/h21,25-41H,2-3,6-12,14-20H2,1,4-5H3/t21-,25-,26+,27-,28+,29+,30+,31+,32-,33+,34-,35-,36-,37+,38+,39+,40-,41+,42+/m1/s1. The molecular weight excluding hydrogens is 694 g/mol. The Morgan fingerprint density at radius 3 is 2.37 bits per heavy atom. The summed E-state index contributed by atoms with van der Waals surface area (Å²) in [5.41, 5.74) is 2.21. The molecule has 0 radical (unpaired) electrons. The molecule has 10 aliphatic heterocycles. The van der Waals surface area contributed by atoms with E-state index in [4.69, 9.17) is 47.4 Å². The second kappa shape index (κ2) is 15.2. The number of nitriles is 1. The molecule has 12 nitrogen and oxygen atoms in total. The summed E-state index contributed by atoms with van der Waals surface area (Å²) < 4.78 is 66.0. The molecule has 12 heteroatoms. The van der Waals surface area contributed by atoms with Crippen molar-refractivity contribution in [1.82, 2.24) is 0 Å². The molecule has 0 aromatic carbocycles. The summed E-state index contributed by atoms with van der Waals surface area (Å²) in [6.45, 7) is 11.2. The SMILES string of the molecule is C=C1C[C@@H]2CC[C@@]34C[C@H]5O[C@H]6[C@@H](O3)[C@H]3O[C@H](CC[C@@H]3O[C@H]6[C@H]5O4)CC(=O)C[C@@H]3[C@@H](OC)[C@@H](C[C@@H](CC#N)OC)O[C@H]3C[C@H]3O[C@@H](CC[C@@H]1O2)C[C@@H](C)C3=C. The highest BCUT2D eigenvalue weighted by molar-refractivity contribution is 5.79. The van der Waals surface area contributed by atoms with Crippen molar-refractivity contribution in [3.05, 3.63) is 24.3 Å². The first-order valence-corrected chi connectivity index (χ1v) is 20.7. The Balaban J connectivity index is 0.993. The van der Waals surface area contributed by atoms with Gasteiger partial charge in [0.05, 0.1) is 79.6 Å². The van der Waals surface area contributed by atoms with E-state index in [1.807, 2.05) is 0 Å². The predicted molar refractivity (Wildman–Crippen MR) is 192 cm³/mol. The van der Waals surface area contributed by atoms with Crippen molar-refractivity contribution < 1.29 is 52.2 Å². The van der Waals surface area contributed by atoms with Crippen LogP contribution in [0.5, 0.6) is 0 Å². The highest BCUT2D eigenvalue weighted by Crippen LogP contribution is 2.54. The minimum absolute atomic E-state index is 0.0175. The van der Waals surface area contributed by atoms with Gasteiger partial charge in [0.15, 0.2) is 5.79 Å². The molecule has 10 rings (SSSR count). The third-order valence-electron chi connectivity index (χ3n) is 14.3. The summed E-state index contributed by atoms with van der Waals surface area (Å²) in [5.74, 6) is -0.599. The summed E-state index contributed by atoms with van der Waals surface area (Å²) in [6.07, 6.45) is 5.80. The molecule has 10 aliphatic rings. The maximum atomic E-state index is 14.2. The number of hydrogen-bond acceptors (Lipinski definition) is 12. The average Bonchev–Trinajstić information content (AvgIpc) is 3.83. The van der Waals surface area contributed by atoms with Gasteiger partial charge in [0.25, 0.3) is 0 Å². The van der Waals surface area contributed by atoms with Crippen molar-refractivity contribution >= 4 is 5.78 Å². The van der Waals surface area contributed by atoms with E-state index >= 15 is 0 Å². The zero-order valence-electron chi connectivity index (χ0n) is 32.1. The van der Waals surface area contributed by atoms with E-state index in [9.17, 15) is 10.1 Å². The molecule has 54 heavy (non-hydrogen) atoms. The molecule has 0 aromatic heterocycles. The number of fused-ring (bicyclic) bond motifs is 6. The molecule has 19 atom stereocenters. The Labute approximate surface area is 319 Å². The van der Waals surface area contributed by atoms with Crippen LogP contribution < -0.4 is 0 Å². The van der Waals surface area contributed by atoms with E-state index in [1.54, 1.807) is 14.2 Å². The Morgan fingerprint density at radius 1 is 0.796 bits per heavy atom. The van der Waals surface area contributed by atoms with Crippen LogP contribution in [0.3, 0.4) is 0 Å². The van der Waals surface area contributed by atoms with Crippen molar-refractivity contribution in [2.45, 2.75) is 200 Å². The number of methoxy groups -OCH3 is 2. The fourth-order valence-corrected chi connectivity index (χ4v) is 11.5. The summed E-state index contributed by atoms with van der Waals surface area (Å²) in [7, 11) is 3.30. The number of nitrogens with zero attached hydrogens (tertiary/aromatic N) is 1. The largest absolute Gasteiger partial charge is 0.380 e. The normalized spacial score (nSPS) is 50.7. The van der Waals surface area contributed by atoms with Gasteiger partial charge in [0.2, 0.25) is 0 Å². The van der Waals surface area contributed by atoms with Crippen LogP contribution in [0.1, 0.15) is 96.8 Å². The molecule has 12 bridgehead atoms. The van der Waals surface area contributed by atoms with Gasteiger partial charge in [-0.15, -0.1) is 0 Å². The van der Waals surface area contributed by atoms with Crippen molar-refractivity contribution in [3.8, 4) is 6.07 Å². The minimum atomic E-state index is -0.782. The Kier molecular flexibility index (Phi) is 10.6. The van der Waals surface area contributed by atoms with E-state index in [1.165, 1.54) is 0 Å². The van der Waals surface area contributed by atoms with Crippen LogP contribution in [0, 0.1) is 23.2 Å². The van der Waals surface area contributed by atoms with Gasteiger partial charge in [-0.1, -0.05) is 20.1 Å². The lowest BCUT2D eigenvalue weighted by Gasteiger charge is -2.47. The molecule has 0 N–H and O–H groups in total. The third-order valence-corrected chi connectivity index (χ3v) is 14.3. The maximum absolute atomic E-state index is 14.2. The quantitative estimate of drug-likeness (QED) is 0.348. The van der Waals surface area contributed by atoms with Crippen molar-refractivity contribution in [3.63, 3.8) is 0 Å². The van der Waals surface area contributed by atoms with E-state index in [2.05, 4.69) is 26.2 Å². The van der Waals surface area contributed by atoms with Crippen LogP contribution in [-0.2, 0) is 52.2 Å². The number of rotatable bonds is 5. The average molecular weight is 754 g/mol. The zero-order chi connectivity index (χ0) is 37.3. The van der Waals surface area contributed by atoms with Gasteiger partial charge in [-0.05, 0) is 62.0 Å². The first kappa shape index (κ1) is 37.8. The van der Waals surface area contributed by atoms with Gasteiger partial charge < -0.3 is 47.4 Å². The molecule has 0 aliphatic carbocycles. The Hall–Kier alpha value is -1.76. The first-order chi connectivity index (χ1) is 26.1.